The molecular formula is C35H32ClF5N8O6. The van der Waals surface area contributed by atoms with Crippen LogP contribution in [0.5, 0.6) is 6.01 Å². The minimum atomic E-state index is -4.66. The van der Waals surface area contributed by atoms with E-state index in [-0.39, 0.29) is 30.4 Å². The first-order chi connectivity index (χ1) is 26.1. The summed E-state index contributed by atoms with van der Waals surface area (Å²) in [6.07, 6.45) is -3.48. The van der Waals surface area contributed by atoms with Gasteiger partial charge in [-0.2, -0.15) is 28.1 Å². The van der Waals surface area contributed by atoms with Crippen LogP contribution in [0.15, 0.2) is 66.7 Å². The Balaban J connectivity index is 1.19. The largest absolute Gasteiger partial charge is 0.467 e. The van der Waals surface area contributed by atoms with Crippen molar-refractivity contribution >= 4 is 52.9 Å². The molecule has 0 aliphatic heterocycles. The maximum absolute atomic E-state index is 13.8. The van der Waals surface area contributed by atoms with Gasteiger partial charge in [-0.05, 0) is 73.4 Å². The van der Waals surface area contributed by atoms with E-state index < -0.39 is 77.8 Å². The van der Waals surface area contributed by atoms with Crippen molar-refractivity contribution in [2.24, 2.45) is 0 Å². The first-order valence-corrected chi connectivity index (χ1v) is 16.8. The van der Waals surface area contributed by atoms with E-state index in [0.29, 0.717) is 23.6 Å². The van der Waals surface area contributed by atoms with Crippen LogP contribution < -0.4 is 31.3 Å². The molecule has 0 bridgehead atoms. The Morgan fingerprint density at radius 1 is 0.873 bits per heavy atom. The van der Waals surface area contributed by atoms with Crippen LogP contribution in [0.1, 0.15) is 40.7 Å². The van der Waals surface area contributed by atoms with Gasteiger partial charge in [0.2, 0.25) is 11.9 Å². The Morgan fingerprint density at radius 2 is 1.51 bits per heavy atom. The van der Waals surface area contributed by atoms with Crippen molar-refractivity contribution < 1.29 is 50.6 Å². The summed E-state index contributed by atoms with van der Waals surface area (Å²) in [5.41, 5.74) is 0.256. The molecule has 3 aromatic carbocycles. The standard InChI is InChI=1S/C35H32ClF5N8O6/c1-54-30(53)26(13-16-42-28(51)29(52)43-17-23-24(37)3-2-4-25(23)38)45-27(50)19-5-11-22(12-6-19)44-31-46-32(48-33(47-31)55-18-35(39,40)41)49-34(14-15-34)20-7-9-21(36)10-8-20/h2-12,26H,13-18H2,1H3,(H,42,51)(H,43,52)(H,45,50)(H2,44,46,47,48,49)/t26-/m0/s1. The van der Waals surface area contributed by atoms with Crippen molar-refractivity contribution in [2.45, 2.75) is 43.6 Å². The molecule has 5 N–H and O–H groups in total. The lowest BCUT2D eigenvalue weighted by Crippen LogP contribution is -2.45. The molecule has 0 unspecified atom stereocenters. The first kappa shape index (κ1) is 40.1. The molecule has 0 spiro atoms. The average molecular weight is 791 g/mol. The molecule has 20 heteroatoms. The molecule has 0 radical (unpaired) electrons. The summed E-state index contributed by atoms with van der Waals surface area (Å²) in [6.45, 7) is -2.51. The van der Waals surface area contributed by atoms with Gasteiger partial charge in [0.25, 0.3) is 5.91 Å². The Hall–Kier alpha value is -6.11. The molecule has 290 valence electrons. The summed E-state index contributed by atoms with van der Waals surface area (Å²) < 4.78 is 76.0. The quantitative estimate of drug-likeness (QED) is 0.0640. The predicted octanol–water partition coefficient (Wildman–Crippen LogP) is 4.68. The van der Waals surface area contributed by atoms with Gasteiger partial charge in [-0.25, -0.2) is 13.6 Å². The van der Waals surface area contributed by atoms with Crippen molar-refractivity contribution in [1.82, 2.24) is 30.9 Å². The third kappa shape index (κ3) is 11.2. The summed E-state index contributed by atoms with van der Waals surface area (Å²) in [6, 6.07) is 14.0. The third-order valence-corrected chi connectivity index (χ3v) is 8.34. The number of alkyl halides is 3. The molecule has 1 saturated carbocycles. The molecule has 5 rings (SSSR count). The molecule has 1 heterocycles. The molecule has 14 nitrogen and oxygen atoms in total. The van der Waals surface area contributed by atoms with Crippen LogP contribution >= 0.6 is 11.6 Å². The summed E-state index contributed by atoms with van der Waals surface area (Å²) in [5.74, 6) is -5.94. The molecule has 1 atom stereocenters. The first-order valence-electron chi connectivity index (χ1n) is 16.4. The van der Waals surface area contributed by atoms with E-state index in [1.165, 1.54) is 24.3 Å². The molecule has 1 fully saturated rings. The van der Waals surface area contributed by atoms with Crippen LogP contribution in [0.3, 0.4) is 0 Å². The van der Waals surface area contributed by atoms with Gasteiger partial charge in [-0.3, -0.25) is 14.4 Å². The number of carbonyl (C=O) groups excluding carboxylic acids is 4. The number of hydrogen-bond donors (Lipinski definition) is 5. The van der Waals surface area contributed by atoms with Gasteiger partial charge >= 0.3 is 30.0 Å². The monoisotopic (exact) mass is 790 g/mol. The number of halogens is 6. The van der Waals surface area contributed by atoms with Crippen molar-refractivity contribution in [2.75, 3.05) is 30.9 Å². The number of aromatic nitrogens is 3. The van der Waals surface area contributed by atoms with Crippen LogP contribution in [-0.2, 0) is 31.2 Å². The number of anilines is 3. The SMILES string of the molecule is COC(=O)[C@H](CCNC(=O)C(=O)NCc1c(F)cccc1F)NC(=O)c1ccc(Nc2nc(NC3(c4ccc(Cl)cc4)CC3)nc(OCC(F)(F)F)n2)cc1. The van der Waals surface area contributed by atoms with E-state index in [0.717, 1.165) is 30.9 Å². The zero-order valence-electron chi connectivity index (χ0n) is 28.7. The van der Waals surface area contributed by atoms with E-state index in [1.54, 1.807) is 12.1 Å². The van der Waals surface area contributed by atoms with Crippen LogP contribution in [0, 0.1) is 11.6 Å². The Morgan fingerprint density at radius 3 is 2.13 bits per heavy atom. The van der Waals surface area contributed by atoms with Crippen LogP contribution in [0.4, 0.5) is 39.5 Å². The van der Waals surface area contributed by atoms with Crippen LogP contribution in [0.2, 0.25) is 5.02 Å². The number of rotatable bonds is 15. The highest BCUT2D eigenvalue weighted by atomic mass is 35.5. The fourth-order valence-corrected chi connectivity index (χ4v) is 5.23. The van der Waals surface area contributed by atoms with E-state index in [2.05, 4.69) is 41.5 Å². The highest BCUT2D eigenvalue weighted by Gasteiger charge is 2.45. The number of amides is 3. The lowest BCUT2D eigenvalue weighted by molar-refractivity contribution is -0.154. The molecule has 0 saturated heterocycles. The highest BCUT2D eigenvalue weighted by Crippen LogP contribution is 2.48. The highest BCUT2D eigenvalue weighted by molar-refractivity contribution is 6.35. The topological polar surface area (TPSA) is 186 Å². The fraction of sp³-hybridized carbons (Fsp3) is 0.286. The number of carbonyl (C=O) groups is 4. The number of nitrogens with one attached hydrogen (secondary N) is 5. The number of benzene rings is 3. The second kappa shape index (κ2) is 17.4. The third-order valence-electron chi connectivity index (χ3n) is 8.08. The molecule has 1 aliphatic carbocycles. The second-order valence-electron chi connectivity index (χ2n) is 12.1. The van der Waals surface area contributed by atoms with Crippen LogP contribution in [0.25, 0.3) is 0 Å². The van der Waals surface area contributed by atoms with E-state index >= 15 is 0 Å². The predicted molar refractivity (Wildman–Crippen MR) is 186 cm³/mol. The van der Waals surface area contributed by atoms with E-state index in [9.17, 15) is 41.1 Å². The summed E-state index contributed by atoms with van der Waals surface area (Å²) in [5, 5.41) is 13.4. The van der Waals surface area contributed by atoms with E-state index in [1.807, 2.05) is 12.1 Å². The number of methoxy groups -OCH3 is 1. The van der Waals surface area contributed by atoms with Gasteiger partial charge in [-0.15, -0.1) is 0 Å². The van der Waals surface area contributed by atoms with Gasteiger partial charge in [0.15, 0.2) is 6.61 Å². The average Bonchev–Trinajstić information content (AvgIpc) is 3.93. The maximum Gasteiger partial charge on any atom is 0.422 e. The molecule has 4 aromatic rings. The maximum atomic E-state index is 13.8. The zero-order chi connectivity index (χ0) is 39.8. The molecular weight excluding hydrogens is 759 g/mol. The van der Waals surface area contributed by atoms with Crippen molar-refractivity contribution in [3.8, 4) is 6.01 Å². The van der Waals surface area contributed by atoms with Crippen molar-refractivity contribution in [3.05, 3.63) is 100 Å². The number of ether oxygens (including phenoxy) is 2. The number of nitrogens with zero attached hydrogens (tertiary/aromatic N) is 3. The second-order valence-corrected chi connectivity index (χ2v) is 12.5. The van der Waals surface area contributed by atoms with Crippen molar-refractivity contribution in [3.63, 3.8) is 0 Å². The molecule has 3 amide bonds. The van der Waals surface area contributed by atoms with Gasteiger partial charge in [0, 0.05) is 34.9 Å². The van der Waals surface area contributed by atoms with Crippen LogP contribution in [-0.4, -0.2) is 71.1 Å². The van der Waals surface area contributed by atoms with E-state index in [4.69, 9.17) is 21.1 Å². The van der Waals surface area contributed by atoms with Gasteiger partial charge < -0.3 is 36.1 Å². The lowest BCUT2D eigenvalue weighted by Gasteiger charge is -2.19. The van der Waals surface area contributed by atoms with Gasteiger partial charge in [-0.1, -0.05) is 29.8 Å². The Bertz CT molecular complexity index is 2020. The number of hydrogen-bond acceptors (Lipinski definition) is 11. The lowest BCUT2D eigenvalue weighted by atomic mass is 10.1. The summed E-state index contributed by atoms with van der Waals surface area (Å²) in [4.78, 5) is 62.0. The number of esters is 1. The van der Waals surface area contributed by atoms with Gasteiger partial charge in [0.1, 0.15) is 17.7 Å². The normalized spacial score (nSPS) is 13.5. The Labute approximate surface area is 314 Å². The zero-order valence-corrected chi connectivity index (χ0v) is 29.5. The smallest absolute Gasteiger partial charge is 0.422 e. The molecule has 1 aromatic heterocycles. The fourth-order valence-electron chi connectivity index (χ4n) is 5.10. The molecule has 1 aliphatic rings. The minimum Gasteiger partial charge on any atom is -0.467 e. The molecule has 55 heavy (non-hydrogen) atoms. The summed E-state index contributed by atoms with van der Waals surface area (Å²) >= 11 is 6.02. The minimum absolute atomic E-state index is 0.0539. The van der Waals surface area contributed by atoms with Gasteiger partial charge in [0.05, 0.1) is 12.6 Å². The Kier molecular flexibility index (Phi) is 12.6. The van der Waals surface area contributed by atoms with Crippen molar-refractivity contribution in [1.29, 1.82) is 0 Å². The summed E-state index contributed by atoms with van der Waals surface area (Å²) in [7, 11) is 1.08.